The second-order valence-electron chi connectivity index (χ2n) is 5.86. The number of hydrogen-bond acceptors (Lipinski definition) is 4. The van der Waals surface area contributed by atoms with Crippen LogP contribution in [0.3, 0.4) is 0 Å². The van der Waals surface area contributed by atoms with Crippen LogP contribution in [0.4, 0.5) is 8.78 Å². The topological polar surface area (TPSA) is 73.2 Å². The molecule has 1 aromatic carbocycles. The molecule has 1 heterocycles. The lowest BCUT2D eigenvalue weighted by Gasteiger charge is -2.14. The van der Waals surface area contributed by atoms with Gasteiger partial charge in [-0.05, 0) is 25.0 Å². The number of halogens is 2. The number of methoxy groups -OCH3 is 1. The molecule has 1 aromatic heterocycles. The Labute approximate surface area is 142 Å². The number of carbonyl (C=O) groups excluding carboxylic acids is 1. The number of rotatable bonds is 4. The minimum Gasteiger partial charge on any atom is -0.481 e. The van der Waals surface area contributed by atoms with Crippen molar-refractivity contribution in [2.24, 2.45) is 0 Å². The molecule has 8 heteroatoms. The molecule has 0 radical (unpaired) electrons. The summed E-state index contributed by atoms with van der Waals surface area (Å²) < 4.78 is 32.8. The van der Waals surface area contributed by atoms with Gasteiger partial charge in [0.1, 0.15) is 0 Å². The molecule has 1 amide bonds. The summed E-state index contributed by atoms with van der Waals surface area (Å²) in [6, 6.07) is 4.23. The molecular weight excluding hydrogens is 332 g/mol. The normalized spacial score (nSPS) is 14.5. The fourth-order valence-electron chi connectivity index (χ4n) is 2.87. The Morgan fingerprint density at radius 3 is 2.60 bits per heavy atom. The molecule has 0 spiro atoms. The molecule has 1 aliphatic carbocycles. The Kier molecular flexibility index (Phi) is 4.78. The number of amides is 1. The Morgan fingerprint density at radius 2 is 1.96 bits per heavy atom. The van der Waals surface area contributed by atoms with Crippen molar-refractivity contribution in [3.05, 3.63) is 51.8 Å². The Hall–Kier alpha value is -2.77. The van der Waals surface area contributed by atoms with E-state index < -0.39 is 23.0 Å². The first-order valence-corrected chi connectivity index (χ1v) is 7.94. The van der Waals surface area contributed by atoms with Gasteiger partial charge in [-0.1, -0.05) is 12.8 Å². The van der Waals surface area contributed by atoms with Crippen LogP contribution in [0.25, 0.3) is 5.69 Å². The molecule has 0 saturated heterocycles. The Balaban J connectivity index is 2.01. The van der Waals surface area contributed by atoms with E-state index in [9.17, 15) is 18.4 Å². The number of aromatic nitrogens is 2. The highest BCUT2D eigenvalue weighted by Crippen LogP contribution is 2.19. The molecule has 1 N–H and O–H groups in total. The third-order valence-corrected chi connectivity index (χ3v) is 4.16. The van der Waals surface area contributed by atoms with Gasteiger partial charge in [0.25, 0.3) is 5.91 Å². The third-order valence-electron chi connectivity index (χ3n) is 4.16. The lowest BCUT2D eigenvalue weighted by Crippen LogP contribution is -2.37. The Morgan fingerprint density at radius 1 is 1.24 bits per heavy atom. The van der Waals surface area contributed by atoms with Gasteiger partial charge in [-0.2, -0.15) is 5.10 Å². The van der Waals surface area contributed by atoms with Crippen LogP contribution in [0.2, 0.25) is 0 Å². The van der Waals surface area contributed by atoms with E-state index in [1.807, 2.05) is 0 Å². The molecule has 132 valence electrons. The van der Waals surface area contributed by atoms with Gasteiger partial charge in [-0.25, -0.2) is 13.5 Å². The van der Waals surface area contributed by atoms with Gasteiger partial charge in [0, 0.05) is 12.1 Å². The zero-order valence-corrected chi connectivity index (χ0v) is 13.6. The predicted octanol–water partition coefficient (Wildman–Crippen LogP) is 2.19. The lowest BCUT2D eigenvalue weighted by atomic mass is 10.2. The predicted molar refractivity (Wildman–Crippen MR) is 86.0 cm³/mol. The van der Waals surface area contributed by atoms with Crippen molar-refractivity contribution in [1.82, 2.24) is 15.1 Å². The minimum atomic E-state index is -1.07. The summed E-state index contributed by atoms with van der Waals surface area (Å²) in [6.07, 6.45) is 3.78. The number of nitrogens with one attached hydrogen (secondary N) is 1. The summed E-state index contributed by atoms with van der Waals surface area (Å²) in [4.78, 5) is 24.5. The van der Waals surface area contributed by atoms with Crippen molar-refractivity contribution in [1.29, 1.82) is 0 Å². The van der Waals surface area contributed by atoms with Gasteiger partial charge in [0.05, 0.1) is 18.9 Å². The molecule has 3 rings (SSSR count). The summed E-state index contributed by atoms with van der Waals surface area (Å²) >= 11 is 0. The van der Waals surface area contributed by atoms with E-state index in [2.05, 4.69) is 10.4 Å². The van der Waals surface area contributed by atoms with Crippen molar-refractivity contribution in [3.63, 3.8) is 0 Å². The van der Waals surface area contributed by atoms with Crippen LogP contribution >= 0.6 is 0 Å². The number of benzene rings is 1. The van der Waals surface area contributed by atoms with Gasteiger partial charge in [-0.3, -0.25) is 9.59 Å². The maximum atomic E-state index is 13.5. The number of nitrogens with zero attached hydrogens (tertiary/aromatic N) is 2. The van der Waals surface area contributed by atoms with Crippen molar-refractivity contribution >= 4 is 5.91 Å². The van der Waals surface area contributed by atoms with Gasteiger partial charge in [0.15, 0.2) is 17.3 Å². The molecule has 0 unspecified atom stereocenters. The highest BCUT2D eigenvalue weighted by molar-refractivity contribution is 5.92. The average molecular weight is 349 g/mol. The van der Waals surface area contributed by atoms with Gasteiger partial charge in [0.2, 0.25) is 11.3 Å². The first kappa shape index (κ1) is 17.1. The highest BCUT2D eigenvalue weighted by atomic mass is 19.2. The van der Waals surface area contributed by atoms with E-state index in [0.29, 0.717) is 0 Å². The smallest absolute Gasteiger partial charge is 0.276 e. The SMILES string of the molecule is COc1cc(=O)c(C(=O)NC2CCCC2)nn1-c1ccc(F)c(F)c1. The molecule has 1 saturated carbocycles. The van der Waals surface area contributed by atoms with Gasteiger partial charge >= 0.3 is 0 Å². The van der Waals surface area contributed by atoms with Crippen LogP contribution in [0.5, 0.6) is 5.88 Å². The molecule has 25 heavy (non-hydrogen) atoms. The zero-order valence-electron chi connectivity index (χ0n) is 13.6. The number of ether oxygens (including phenoxy) is 1. The quantitative estimate of drug-likeness (QED) is 0.918. The van der Waals surface area contributed by atoms with Crippen molar-refractivity contribution in [2.45, 2.75) is 31.7 Å². The molecule has 1 aliphatic rings. The summed E-state index contributed by atoms with van der Waals surface area (Å²) in [7, 11) is 1.31. The molecule has 6 nitrogen and oxygen atoms in total. The van der Waals surface area contributed by atoms with E-state index in [1.165, 1.54) is 13.2 Å². The fraction of sp³-hybridized carbons (Fsp3) is 0.353. The van der Waals surface area contributed by atoms with Crippen LogP contribution in [0, 0.1) is 11.6 Å². The zero-order chi connectivity index (χ0) is 18.0. The molecule has 2 aromatic rings. The second kappa shape index (κ2) is 7.00. The van der Waals surface area contributed by atoms with Crippen LogP contribution in [0.15, 0.2) is 29.1 Å². The maximum absolute atomic E-state index is 13.5. The summed E-state index contributed by atoms with van der Waals surface area (Å²) in [5.74, 6) is -2.66. The molecular formula is C17H17F2N3O3. The second-order valence-corrected chi connectivity index (χ2v) is 5.86. The minimum absolute atomic E-state index is 0.00780. The molecule has 0 atom stereocenters. The fourth-order valence-corrected chi connectivity index (χ4v) is 2.87. The number of carbonyl (C=O) groups is 1. The standard InChI is InChI=1S/C17H17F2N3O3/c1-25-15-9-14(23)16(17(24)20-10-4-2-3-5-10)21-22(15)11-6-7-12(18)13(19)8-11/h6-10H,2-5H2,1H3,(H,20,24). The summed E-state index contributed by atoms with van der Waals surface area (Å²) in [6.45, 7) is 0. The summed E-state index contributed by atoms with van der Waals surface area (Å²) in [5.41, 5.74) is -0.797. The third kappa shape index (κ3) is 3.52. The van der Waals surface area contributed by atoms with Crippen molar-refractivity contribution < 1.29 is 18.3 Å². The van der Waals surface area contributed by atoms with E-state index >= 15 is 0 Å². The van der Waals surface area contributed by atoms with E-state index in [1.54, 1.807) is 0 Å². The monoisotopic (exact) mass is 349 g/mol. The Bertz CT molecular complexity index is 861. The van der Waals surface area contributed by atoms with Crippen LogP contribution < -0.4 is 15.5 Å². The van der Waals surface area contributed by atoms with Crippen LogP contribution in [0.1, 0.15) is 36.2 Å². The lowest BCUT2D eigenvalue weighted by molar-refractivity contribution is 0.0929. The van der Waals surface area contributed by atoms with Crippen molar-refractivity contribution in [3.8, 4) is 11.6 Å². The molecule has 0 aliphatic heterocycles. The van der Waals surface area contributed by atoms with Gasteiger partial charge < -0.3 is 10.1 Å². The van der Waals surface area contributed by atoms with E-state index in [4.69, 9.17) is 4.74 Å². The molecule has 0 bridgehead atoms. The number of hydrogen-bond donors (Lipinski definition) is 1. The van der Waals surface area contributed by atoms with Crippen molar-refractivity contribution in [2.75, 3.05) is 7.11 Å². The van der Waals surface area contributed by atoms with E-state index in [0.717, 1.165) is 48.6 Å². The van der Waals surface area contributed by atoms with Crippen LogP contribution in [-0.4, -0.2) is 28.8 Å². The van der Waals surface area contributed by atoms with Gasteiger partial charge in [-0.15, -0.1) is 0 Å². The van der Waals surface area contributed by atoms with Crippen LogP contribution in [-0.2, 0) is 0 Å². The first-order chi connectivity index (χ1) is 12.0. The molecule has 1 fully saturated rings. The maximum Gasteiger partial charge on any atom is 0.276 e. The largest absolute Gasteiger partial charge is 0.481 e. The summed E-state index contributed by atoms with van der Waals surface area (Å²) in [5, 5.41) is 6.79. The first-order valence-electron chi connectivity index (χ1n) is 7.94. The average Bonchev–Trinajstić information content (AvgIpc) is 3.10. The highest BCUT2D eigenvalue weighted by Gasteiger charge is 2.22. The van der Waals surface area contributed by atoms with E-state index in [-0.39, 0.29) is 23.3 Å².